The number of hydrogen-bond donors (Lipinski definition) is 1. The normalized spacial score (nSPS) is 12.5. The predicted octanol–water partition coefficient (Wildman–Crippen LogP) is 2.11. The van der Waals surface area contributed by atoms with Crippen molar-refractivity contribution in [3.8, 4) is 6.07 Å². The highest BCUT2D eigenvalue weighted by atomic mass is 15.4. The zero-order valence-electron chi connectivity index (χ0n) is 11.9. The fourth-order valence-electron chi connectivity index (χ4n) is 2.09. The van der Waals surface area contributed by atoms with E-state index in [1.165, 1.54) is 0 Å². The summed E-state index contributed by atoms with van der Waals surface area (Å²) in [5, 5.41) is 13.4. The minimum atomic E-state index is -0.0262. The van der Waals surface area contributed by atoms with Gasteiger partial charge in [0, 0.05) is 20.1 Å². The van der Waals surface area contributed by atoms with Gasteiger partial charge in [-0.3, -0.25) is 4.68 Å². The van der Waals surface area contributed by atoms with Crippen LogP contribution in [0.25, 0.3) is 0 Å². The highest BCUT2D eigenvalue weighted by Gasteiger charge is 2.21. The SMILES string of the molecule is CCN(CC(C)C#N)c1c(N)c(C(C)C)nn1C. The Balaban J connectivity index is 3.10. The maximum atomic E-state index is 8.93. The molecule has 18 heavy (non-hydrogen) atoms. The lowest BCUT2D eigenvalue weighted by molar-refractivity contribution is 0.644. The van der Waals surface area contributed by atoms with E-state index in [-0.39, 0.29) is 5.92 Å². The monoisotopic (exact) mass is 249 g/mol. The third kappa shape index (κ3) is 2.76. The maximum absolute atomic E-state index is 8.93. The van der Waals surface area contributed by atoms with Crippen LogP contribution in [-0.2, 0) is 7.05 Å². The van der Waals surface area contributed by atoms with Crippen molar-refractivity contribution in [3.05, 3.63) is 5.69 Å². The number of nitrogen functional groups attached to an aromatic ring is 1. The van der Waals surface area contributed by atoms with Crippen LogP contribution in [0.4, 0.5) is 11.5 Å². The largest absolute Gasteiger partial charge is 0.394 e. The second kappa shape index (κ2) is 5.76. The molecule has 1 heterocycles. The summed E-state index contributed by atoms with van der Waals surface area (Å²) >= 11 is 0. The van der Waals surface area contributed by atoms with Gasteiger partial charge in [0.15, 0.2) is 0 Å². The molecule has 1 rings (SSSR count). The van der Waals surface area contributed by atoms with Crippen LogP contribution < -0.4 is 10.6 Å². The molecular formula is C13H23N5. The van der Waals surface area contributed by atoms with Crippen LogP contribution >= 0.6 is 0 Å². The molecule has 1 aromatic heterocycles. The number of rotatable bonds is 5. The Kier molecular flexibility index (Phi) is 4.60. The summed E-state index contributed by atoms with van der Waals surface area (Å²) in [7, 11) is 1.90. The molecular weight excluding hydrogens is 226 g/mol. The molecule has 0 aliphatic rings. The highest BCUT2D eigenvalue weighted by Crippen LogP contribution is 2.30. The van der Waals surface area contributed by atoms with E-state index < -0.39 is 0 Å². The van der Waals surface area contributed by atoms with Crippen LogP contribution in [0.5, 0.6) is 0 Å². The number of aryl methyl sites for hydroxylation is 1. The maximum Gasteiger partial charge on any atom is 0.150 e. The van der Waals surface area contributed by atoms with Gasteiger partial charge >= 0.3 is 0 Å². The van der Waals surface area contributed by atoms with E-state index in [0.717, 1.165) is 23.7 Å². The molecule has 5 nitrogen and oxygen atoms in total. The van der Waals surface area contributed by atoms with E-state index in [4.69, 9.17) is 11.0 Å². The van der Waals surface area contributed by atoms with Gasteiger partial charge in [-0.25, -0.2) is 0 Å². The summed E-state index contributed by atoms with van der Waals surface area (Å²) in [5.74, 6) is 1.20. The van der Waals surface area contributed by atoms with Crippen molar-refractivity contribution in [1.29, 1.82) is 5.26 Å². The van der Waals surface area contributed by atoms with Gasteiger partial charge in [-0.2, -0.15) is 10.4 Å². The first kappa shape index (κ1) is 14.4. The molecule has 0 amide bonds. The van der Waals surface area contributed by atoms with Crippen molar-refractivity contribution < 1.29 is 0 Å². The van der Waals surface area contributed by atoms with Gasteiger partial charge in [-0.05, 0) is 19.8 Å². The van der Waals surface area contributed by atoms with E-state index in [2.05, 4.69) is 36.8 Å². The molecule has 0 aromatic carbocycles. The topological polar surface area (TPSA) is 70.9 Å². The Bertz CT molecular complexity index is 441. The number of anilines is 2. The lowest BCUT2D eigenvalue weighted by Gasteiger charge is -2.24. The van der Waals surface area contributed by atoms with Gasteiger partial charge in [0.1, 0.15) is 5.82 Å². The Morgan fingerprint density at radius 1 is 1.44 bits per heavy atom. The standard InChI is InChI=1S/C13H23N5/c1-6-18(8-10(4)7-14)13-11(15)12(9(2)3)16-17(13)5/h9-10H,6,8,15H2,1-5H3. The summed E-state index contributed by atoms with van der Waals surface area (Å²) < 4.78 is 1.82. The molecule has 0 saturated carbocycles. The number of aromatic nitrogens is 2. The lowest BCUT2D eigenvalue weighted by atomic mass is 10.1. The molecule has 0 saturated heterocycles. The molecule has 100 valence electrons. The summed E-state index contributed by atoms with van der Waals surface area (Å²) in [6.45, 7) is 9.62. The van der Waals surface area contributed by atoms with Crippen molar-refractivity contribution in [3.63, 3.8) is 0 Å². The van der Waals surface area contributed by atoms with Crippen molar-refractivity contribution in [1.82, 2.24) is 9.78 Å². The second-order valence-corrected chi connectivity index (χ2v) is 4.97. The Morgan fingerprint density at radius 3 is 2.44 bits per heavy atom. The fraction of sp³-hybridized carbons (Fsp3) is 0.692. The van der Waals surface area contributed by atoms with Crippen LogP contribution in [0.3, 0.4) is 0 Å². The summed E-state index contributed by atoms with van der Waals surface area (Å²) in [6.07, 6.45) is 0. The highest BCUT2D eigenvalue weighted by molar-refractivity contribution is 5.67. The summed E-state index contributed by atoms with van der Waals surface area (Å²) in [6, 6.07) is 2.26. The van der Waals surface area contributed by atoms with Gasteiger partial charge in [-0.1, -0.05) is 13.8 Å². The predicted molar refractivity (Wildman–Crippen MR) is 74.4 cm³/mol. The average molecular weight is 249 g/mol. The van der Waals surface area contributed by atoms with Gasteiger partial charge in [-0.15, -0.1) is 0 Å². The molecule has 0 fully saturated rings. The third-order valence-electron chi connectivity index (χ3n) is 3.02. The fourth-order valence-corrected chi connectivity index (χ4v) is 2.09. The van der Waals surface area contributed by atoms with Crippen molar-refractivity contribution in [2.75, 3.05) is 23.7 Å². The third-order valence-corrected chi connectivity index (χ3v) is 3.02. The van der Waals surface area contributed by atoms with E-state index in [0.29, 0.717) is 12.5 Å². The molecule has 0 bridgehead atoms. The molecule has 2 N–H and O–H groups in total. The van der Waals surface area contributed by atoms with Gasteiger partial charge < -0.3 is 10.6 Å². The molecule has 0 radical (unpaired) electrons. The molecule has 1 unspecified atom stereocenters. The molecule has 0 aliphatic heterocycles. The number of nitrogens with zero attached hydrogens (tertiary/aromatic N) is 4. The first-order valence-electron chi connectivity index (χ1n) is 6.39. The van der Waals surface area contributed by atoms with E-state index in [1.807, 2.05) is 18.7 Å². The number of nitrogens with two attached hydrogens (primary N) is 1. The van der Waals surface area contributed by atoms with E-state index in [9.17, 15) is 0 Å². The quantitative estimate of drug-likeness (QED) is 0.867. The number of hydrogen-bond acceptors (Lipinski definition) is 4. The minimum absolute atomic E-state index is 0.0262. The Hall–Kier alpha value is -1.70. The lowest BCUT2D eigenvalue weighted by Crippen LogP contribution is -2.30. The van der Waals surface area contributed by atoms with Crippen LogP contribution in [0.2, 0.25) is 0 Å². The Labute approximate surface area is 109 Å². The van der Waals surface area contributed by atoms with Gasteiger partial charge in [0.2, 0.25) is 0 Å². The van der Waals surface area contributed by atoms with Crippen LogP contribution in [-0.4, -0.2) is 22.9 Å². The van der Waals surface area contributed by atoms with Gasteiger partial charge in [0.05, 0.1) is 23.4 Å². The minimum Gasteiger partial charge on any atom is -0.394 e. The van der Waals surface area contributed by atoms with E-state index >= 15 is 0 Å². The first-order chi connectivity index (χ1) is 8.42. The zero-order valence-corrected chi connectivity index (χ0v) is 11.9. The molecule has 0 spiro atoms. The van der Waals surface area contributed by atoms with Crippen molar-refractivity contribution in [2.45, 2.75) is 33.6 Å². The van der Waals surface area contributed by atoms with Crippen molar-refractivity contribution >= 4 is 11.5 Å². The van der Waals surface area contributed by atoms with E-state index in [1.54, 1.807) is 0 Å². The van der Waals surface area contributed by atoms with Gasteiger partial charge in [0.25, 0.3) is 0 Å². The molecule has 1 aromatic rings. The summed E-state index contributed by atoms with van der Waals surface area (Å²) in [4.78, 5) is 2.11. The van der Waals surface area contributed by atoms with Crippen LogP contribution in [0.1, 0.15) is 39.3 Å². The smallest absolute Gasteiger partial charge is 0.150 e. The zero-order chi connectivity index (χ0) is 13.9. The second-order valence-electron chi connectivity index (χ2n) is 4.97. The molecule has 0 aliphatic carbocycles. The average Bonchev–Trinajstić information content (AvgIpc) is 2.62. The van der Waals surface area contributed by atoms with Crippen LogP contribution in [0.15, 0.2) is 0 Å². The number of nitriles is 1. The summed E-state index contributed by atoms with van der Waals surface area (Å²) in [5.41, 5.74) is 7.85. The molecule has 5 heteroatoms. The first-order valence-corrected chi connectivity index (χ1v) is 6.39. The van der Waals surface area contributed by atoms with Crippen molar-refractivity contribution in [2.24, 2.45) is 13.0 Å². The Morgan fingerprint density at radius 2 is 2.06 bits per heavy atom. The molecule has 1 atom stereocenters. The van der Waals surface area contributed by atoms with Crippen LogP contribution in [0, 0.1) is 17.2 Å².